The van der Waals surface area contributed by atoms with Crippen molar-refractivity contribution in [3.63, 3.8) is 0 Å². The Bertz CT molecular complexity index is 4310. The summed E-state index contributed by atoms with van der Waals surface area (Å²) in [5.41, 5.74) is 16.6. The van der Waals surface area contributed by atoms with Gasteiger partial charge in [0.05, 0.1) is 34.3 Å². The van der Waals surface area contributed by atoms with Crippen molar-refractivity contribution in [2.24, 2.45) is 0 Å². The molecule has 0 saturated heterocycles. The maximum Gasteiger partial charge on any atom is 0.0887 e. The summed E-state index contributed by atoms with van der Waals surface area (Å²) >= 11 is 0. The molecule has 0 aliphatic rings. The lowest BCUT2D eigenvalue weighted by Crippen LogP contribution is -1.96. The highest BCUT2D eigenvalue weighted by molar-refractivity contribution is 6.22. The zero-order valence-electron chi connectivity index (χ0n) is 38.5. The van der Waals surface area contributed by atoms with Gasteiger partial charge in [-0.1, -0.05) is 182 Å². The van der Waals surface area contributed by atoms with Gasteiger partial charge in [0.1, 0.15) is 0 Å². The Labute approximate surface area is 410 Å². The molecule has 4 heteroatoms. The van der Waals surface area contributed by atoms with Crippen LogP contribution in [0, 0.1) is 0 Å². The number of aromatic nitrogens is 4. The number of para-hydroxylation sites is 1. The second-order valence-corrected chi connectivity index (χ2v) is 18.4. The average Bonchev–Trinajstić information content (AvgIpc) is 3.79. The Morgan fingerprint density at radius 3 is 1.34 bits per heavy atom. The molecule has 0 aliphatic heterocycles. The van der Waals surface area contributed by atoms with Crippen molar-refractivity contribution >= 4 is 64.9 Å². The molecule has 10 aromatic carbocycles. The van der Waals surface area contributed by atoms with Crippen LogP contribution in [0.15, 0.2) is 255 Å². The first-order chi connectivity index (χ1) is 35.2. The zero-order valence-corrected chi connectivity index (χ0v) is 38.5. The summed E-state index contributed by atoms with van der Waals surface area (Å²) in [6, 6.07) is 83.6. The van der Waals surface area contributed by atoms with Crippen molar-refractivity contribution in [3.8, 4) is 72.7 Å². The topological polar surface area (TPSA) is 43.6 Å². The van der Waals surface area contributed by atoms with Crippen LogP contribution in [0.3, 0.4) is 0 Å². The fourth-order valence-electron chi connectivity index (χ4n) is 10.9. The zero-order chi connectivity index (χ0) is 46.8. The van der Waals surface area contributed by atoms with Crippen LogP contribution in [0.2, 0.25) is 0 Å². The van der Waals surface area contributed by atoms with E-state index in [-0.39, 0.29) is 0 Å². The Hall–Kier alpha value is -9.51. The van der Waals surface area contributed by atoms with Gasteiger partial charge in [-0.3, -0.25) is 15.0 Å². The van der Waals surface area contributed by atoms with Gasteiger partial charge in [-0.05, 0) is 142 Å². The first-order valence-electron chi connectivity index (χ1n) is 24.1. The predicted molar refractivity (Wildman–Crippen MR) is 297 cm³/mol. The molecule has 0 atom stereocenters. The lowest BCUT2D eigenvalue weighted by Gasteiger charge is -2.19. The minimum Gasteiger partial charge on any atom is -0.308 e. The summed E-state index contributed by atoms with van der Waals surface area (Å²) in [5.74, 6) is 0. The third kappa shape index (κ3) is 6.96. The third-order valence-corrected chi connectivity index (χ3v) is 14.4. The van der Waals surface area contributed by atoms with E-state index in [1.807, 2.05) is 24.8 Å². The molecule has 0 spiro atoms. The number of nitrogens with zero attached hydrogens (tertiary/aromatic N) is 4. The van der Waals surface area contributed by atoms with Crippen molar-refractivity contribution in [1.82, 2.24) is 19.5 Å². The monoisotopic (exact) mass is 902 g/mol. The highest BCUT2D eigenvalue weighted by Gasteiger charge is 2.19. The largest absolute Gasteiger partial charge is 0.308 e. The molecule has 14 aromatic rings. The normalized spacial score (nSPS) is 11.7. The van der Waals surface area contributed by atoms with Crippen LogP contribution in [0.4, 0.5) is 0 Å². The van der Waals surface area contributed by atoms with Gasteiger partial charge >= 0.3 is 0 Å². The van der Waals surface area contributed by atoms with Crippen LogP contribution >= 0.6 is 0 Å². The van der Waals surface area contributed by atoms with Gasteiger partial charge in [0, 0.05) is 34.9 Å². The first-order valence-corrected chi connectivity index (χ1v) is 24.1. The van der Waals surface area contributed by atoms with Gasteiger partial charge in [0.25, 0.3) is 0 Å². The summed E-state index contributed by atoms with van der Waals surface area (Å²) in [5, 5.41) is 12.1. The molecule has 0 unspecified atom stereocenters. The summed E-state index contributed by atoms with van der Waals surface area (Å²) in [6.45, 7) is 0. The van der Waals surface area contributed by atoms with Gasteiger partial charge in [-0.2, -0.15) is 0 Å². The van der Waals surface area contributed by atoms with Gasteiger partial charge in [-0.25, -0.2) is 0 Å². The SMILES string of the molecule is c1ccc2cc(-c3ccc(-c4c5ccccc5c(-c5ccc(-c6ccc7ccccc7c6)cc5)c5cc(-c6ccc(-c7ccc(-n8c9ccccc9c9cnccc98)cn7)nc6)ccc45)cc3)ccc2c1. The lowest BCUT2D eigenvalue weighted by molar-refractivity contribution is 1.13. The maximum absolute atomic E-state index is 5.02. The molecule has 0 bridgehead atoms. The number of benzene rings is 10. The molecule has 0 radical (unpaired) electrons. The van der Waals surface area contributed by atoms with E-state index in [2.05, 4.69) is 240 Å². The van der Waals surface area contributed by atoms with Gasteiger partial charge in [0.15, 0.2) is 0 Å². The minimum atomic E-state index is 0.818. The molecular formula is C67H42N4. The Morgan fingerprint density at radius 1 is 0.268 bits per heavy atom. The molecule has 0 N–H and O–H groups in total. The van der Waals surface area contributed by atoms with Crippen molar-refractivity contribution in [2.75, 3.05) is 0 Å². The molecule has 0 fully saturated rings. The van der Waals surface area contributed by atoms with Crippen LogP contribution < -0.4 is 0 Å². The Morgan fingerprint density at radius 2 is 0.732 bits per heavy atom. The molecular weight excluding hydrogens is 861 g/mol. The maximum atomic E-state index is 5.02. The standard InChI is InChI=1S/C67H42N4/c1-3-11-49-37-51(27-21-43(49)9-1)45-17-23-47(24-18-45)66-57-14-5-6-15-58(57)67(48-25-19-46(20-26-48)52-28-22-44-10-2-4-12-50(44)38-52)60-39-53(29-32-59(60)66)54-30-33-62(69-40-54)63-34-31-55(41-70-63)71-64-16-8-7-13-56(64)61-42-68-36-35-65(61)71/h1-42H. The first kappa shape index (κ1) is 40.5. The predicted octanol–water partition coefficient (Wildman–Crippen LogP) is 17.6. The van der Waals surface area contributed by atoms with E-state index in [9.17, 15) is 0 Å². The lowest BCUT2D eigenvalue weighted by atomic mass is 9.84. The number of pyridine rings is 3. The van der Waals surface area contributed by atoms with Gasteiger partial charge in [-0.15, -0.1) is 0 Å². The van der Waals surface area contributed by atoms with Crippen LogP contribution in [0.5, 0.6) is 0 Å². The molecule has 330 valence electrons. The highest BCUT2D eigenvalue weighted by Crippen LogP contribution is 2.46. The van der Waals surface area contributed by atoms with Crippen LogP contribution in [-0.4, -0.2) is 19.5 Å². The molecule has 14 rings (SSSR count). The minimum absolute atomic E-state index is 0.818. The van der Waals surface area contributed by atoms with E-state index in [1.165, 1.54) is 93.0 Å². The van der Waals surface area contributed by atoms with E-state index < -0.39 is 0 Å². The number of hydrogen-bond acceptors (Lipinski definition) is 3. The van der Waals surface area contributed by atoms with Crippen molar-refractivity contribution in [2.45, 2.75) is 0 Å². The Kier molecular flexibility index (Phi) is 9.49. The highest BCUT2D eigenvalue weighted by atomic mass is 15.0. The second kappa shape index (κ2) is 16.6. The second-order valence-electron chi connectivity index (χ2n) is 18.4. The summed E-state index contributed by atoms with van der Waals surface area (Å²) in [7, 11) is 0. The van der Waals surface area contributed by atoms with Gasteiger partial charge in [0.2, 0.25) is 0 Å². The summed E-state index contributed by atoms with van der Waals surface area (Å²) in [6.07, 6.45) is 7.71. The number of rotatable bonds is 7. The molecule has 4 heterocycles. The Balaban J connectivity index is 0.870. The van der Waals surface area contributed by atoms with Gasteiger partial charge < -0.3 is 4.57 Å². The molecule has 4 nitrogen and oxygen atoms in total. The number of fused-ring (bicyclic) bond motifs is 7. The summed E-state index contributed by atoms with van der Waals surface area (Å²) in [4.78, 5) is 14.4. The van der Waals surface area contributed by atoms with Crippen molar-refractivity contribution in [1.29, 1.82) is 0 Å². The van der Waals surface area contributed by atoms with Crippen molar-refractivity contribution < 1.29 is 0 Å². The third-order valence-electron chi connectivity index (χ3n) is 14.4. The molecule has 71 heavy (non-hydrogen) atoms. The smallest absolute Gasteiger partial charge is 0.0887 e. The van der Waals surface area contributed by atoms with E-state index in [0.717, 1.165) is 44.6 Å². The molecule has 4 aromatic heterocycles. The molecule has 0 aliphatic carbocycles. The van der Waals surface area contributed by atoms with Crippen LogP contribution in [0.1, 0.15) is 0 Å². The van der Waals surface area contributed by atoms with Crippen LogP contribution in [-0.2, 0) is 0 Å². The molecule has 0 saturated carbocycles. The fourth-order valence-corrected chi connectivity index (χ4v) is 10.9. The van der Waals surface area contributed by atoms with E-state index in [0.29, 0.717) is 0 Å². The van der Waals surface area contributed by atoms with Crippen molar-refractivity contribution in [3.05, 3.63) is 255 Å². The quantitative estimate of drug-likeness (QED) is 0.150. The number of hydrogen-bond donors (Lipinski definition) is 0. The van der Waals surface area contributed by atoms with Crippen LogP contribution in [0.25, 0.3) is 138 Å². The van der Waals surface area contributed by atoms with E-state index in [1.54, 1.807) is 0 Å². The fraction of sp³-hybridized carbons (Fsp3) is 0. The summed E-state index contributed by atoms with van der Waals surface area (Å²) < 4.78 is 2.25. The van der Waals surface area contributed by atoms with E-state index in [4.69, 9.17) is 9.97 Å². The van der Waals surface area contributed by atoms with E-state index >= 15 is 0 Å². The molecule has 0 amide bonds. The average molecular weight is 903 g/mol.